The summed E-state index contributed by atoms with van der Waals surface area (Å²) in [7, 11) is 0. The zero-order valence-electron chi connectivity index (χ0n) is 11.5. The first-order valence-electron chi connectivity index (χ1n) is 6.35. The Kier molecular flexibility index (Phi) is 3.34. The van der Waals surface area contributed by atoms with E-state index in [9.17, 15) is 9.59 Å². The first kappa shape index (κ1) is 13.6. The van der Waals surface area contributed by atoms with Crippen LogP contribution in [0.25, 0.3) is 0 Å². The van der Waals surface area contributed by atoms with Crippen LogP contribution < -0.4 is 15.4 Å². The smallest absolute Gasteiger partial charge is 0.262 e. The Morgan fingerprint density at radius 3 is 2.95 bits per heavy atom. The monoisotopic (exact) mass is 303 g/mol. The molecular weight excluding hydrogens is 290 g/mol. The third-order valence-corrected chi connectivity index (χ3v) is 4.13. The predicted octanol–water partition coefficient (Wildman–Crippen LogP) is 2.34. The normalized spacial score (nSPS) is 13.1. The molecule has 0 radical (unpaired) electrons. The van der Waals surface area contributed by atoms with Gasteiger partial charge in [0.2, 0.25) is 0 Å². The minimum Gasteiger partial charge on any atom is -0.482 e. The number of carbonyl (C=O) groups excluding carboxylic acids is 2. The number of thiazole rings is 1. The minimum atomic E-state index is -0.327. The van der Waals surface area contributed by atoms with Crippen LogP contribution in [0.15, 0.2) is 18.2 Å². The number of aromatic nitrogens is 1. The second kappa shape index (κ2) is 5.17. The molecule has 108 valence electrons. The Morgan fingerprint density at radius 1 is 1.43 bits per heavy atom. The van der Waals surface area contributed by atoms with Gasteiger partial charge in [0.1, 0.15) is 5.75 Å². The van der Waals surface area contributed by atoms with Gasteiger partial charge in [0.25, 0.3) is 11.8 Å². The number of aryl methyl sites for hydroxylation is 2. The zero-order chi connectivity index (χ0) is 15.0. The molecule has 2 heterocycles. The van der Waals surface area contributed by atoms with Crippen molar-refractivity contribution in [2.24, 2.45) is 0 Å². The molecule has 6 nitrogen and oxygen atoms in total. The summed E-state index contributed by atoms with van der Waals surface area (Å²) in [5.41, 5.74) is 1.64. The fourth-order valence-corrected chi connectivity index (χ4v) is 2.79. The summed E-state index contributed by atoms with van der Waals surface area (Å²) < 4.78 is 5.29. The van der Waals surface area contributed by atoms with E-state index in [1.165, 1.54) is 11.3 Å². The molecule has 0 aliphatic carbocycles. The van der Waals surface area contributed by atoms with Crippen LogP contribution in [0, 0.1) is 13.8 Å². The van der Waals surface area contributed by atoms with Crippen molar-refractivity contribution in [3.63, 3.8) is 0 Å². The molecule has 2 N–H and O–H groups in total. The number of rotatable bonds is 2. The Balaban J connectivity index is 1.90. The zero-order valence-corrected chi connectivity index (χ0v) is 12.3. The molecular formula is C14H13N3O3S. The van der Waals surface area contributed by atoms with Crippen LogP contribution in [0.2, 0.25) is 0 Å². The third kappa shape index (κ3) is 2.59. The molecule has 1 aromatic heterocycles. The van der Waals surface area contributed by atoms with Gasteiger partial charge >= 0.3 is 0 Å². The SMILES string of the molecule is Cc1nc(NC(=O)c2cccc3c2NC(=O)CO3)sc1C. The van der Waals surface area contributed by atoms with Crippen molar-refractivity contribution in [1.29, 1.82) is 0 Å². The van der Waals surface area contributed by atoms with Gasteiger partial charge in [0.15, 0.2) is 11.7 Å². The molecule has 0 bridgehead atoms. The maximum atomic E-state index is 12.4. The van der Waals surface area contributed by atoms with Crippen molar-refractivity contribution in [1.82, 2.24) is 4.98 Å². The molecule has 3 rings (SSSR count). The van der Waals surface area contributed by atoms with Crippen LogP contribution in [0.5, 0.6) is 5.75 Å². The van der Waals surface area contributed by atoms with Crippen molar-refractivity contribution in [2.75, 3.05) is 17.2 Å². The highest BCUT2D eigenvalue weighted by Gasteiger charge is 2.22. The number of anilines is 2. The van der Waals surface area contributed by atoms with Crippen LogP contribution in [0.4, 0.5) is 10.8 Å². The maximum Gasteiger partial charge on any atom is 0.262 e. The van der Waals surface area contributed by atoms with Crippen LogP contribution in [0.1, 0.15) is 20.9 Å². The second-order valence-electron chi connectivity index (χ2n) is 4.63. The van der Waals surface area contributed by atoms with E-state index in [1.54, 1.807) is 18.2 Å². The molecule has 0 saturated heterocycles. The average molecular weight is 303 g/mol. The third-order valence-electron chi connectivity index (χ3n) is 3.14. The molecule has 0 spiro atoms. The highest BCUT2D eigenvalue weighted by atomic mass is 32.1. The molecule has 0 saturated carbocycles. The molecule has 1 aliphatic heterocycles. The lowest BCUT2D eigenvalue weighted by atomic mass is 10.1. The van der Waals surface area contributed by atoms with Crippen LogP contribution >= 0.6 is 11.3 Å². The lowest BCUT2D eigenvalue weighted by Gasteiger charge is -2.20. The van der Waals surface area contributed by atoms with Gasteiger partial charge in [-0.2, -0.15) is 0 Å². The number of nitrogens with one attached hydrogen (secondary N) is 2. The molecule has 0 unspecified atom stereocenters. The molecule has 1 aliphatic rings. The van der Waals surface area contributed by atoms with Gasteiger partial charge in [-0.1, -0.05) is 6.07 Å². The number of benzene rings is 1. The Bertz CT molecular complexity index is 720. The van der Waals surface area contributed by atoms with E-state index in [4.69, 9.17) is 4.74 Å². The number of ether oxygens (including phenoxy) is 1. The van der Waals surface area contributed by atoms with Gasteiger partial charge < -0.3 is 10.1 Å². The molecule has 2 amide bonds. The summed E-state index contributed by atoms with van der Waals surface area (Å²) >= 11 is 1.41. The van der Waals surface area contributed by atoms with E-state index in [1.807, 2.05) is 13.8 Å². The highest BCUT2D eigenvalue weighted by Crippen LogP contribution is 2.32. The lowest BCUT2D eigenvalue weighted by molar-refractivity contribution is -0.118. The van der Waals surface area contributed by atoms with Crippen LogP contribution in [-0.2, 0) is 4.79 Å². The van der Waals surface area contributed by atoms with E-state index >= 15 is 0 Å². The summed E-state index contributed by atoms with van der Waals surface area (Å²) in [6.07, 6.45) is 0. The fourth-order valence-electron chi connectivity index (χ4n) is 1.98. The van der Waals surface area contributed by atoms with Gasteiger partial charge in [0.05, 0.1) is 16.9 Å². The van der Waals surface area contributed by atoms with Gasteiger partial charge in [-0.05, 0) is 26.0 Å². The largest absolute Gasteiger partial charge is 0.482 e. The van der Waals surface area contributed by atoms with Crippen LogP contribution in [0.3, 0.4) is 0 Å². The summed E-state index contributed by atoms with van der Waals surface area (Å²) in [4.78, 5) is 29.1. The number of para-hydroxylation sites is 1. The number of amides is 2. The summed E-state index contributed by atoms with van der Waals surface area (Å²) in [5.74, 6) is -0.108. The van der Waals surface area contributed by atoms with Crippen LogP contribution in [-0.4, -0.2) is 23.4 Å². The van der Waals surface area contributed by atoms with Gasteiger partial charge in [0, 0.05) is 4.88 Å². The summed E-state index contributed by atoms with van der Waals surface area (Å²) in [5, 5.41) is 5.95. The van der Waals surface area contributed by atoms with Crippen molar-refractivity contribution in [3.8, 4) is 5.75 Å². The van der Waals surface area contributed by atoms with Crippen molar-refractivity contribution >= 4 is 34.0 Å². The molecule has 0 atom stereocenters. The maximum absolute atomic E-state index is 12.4. The van der Waals surface area contributed by atoms with Gasteiger partial charge in [-0.15, -0.1) is 11.3 Å². The van der Waals surface area contributed by atoms with Crippen molar-refractivity contribution in [3.05, 3.63) is 34.3 Å². The first-order chi connectivity index (χ1) is 10.0. The summed E-state index contributed by atoms with van der Waals surface area (Å²) in [6.45, 7) is 3.80. The molecule has 7 heteroatoms. The van der Waals surface area contributed by atoms with E-state index in [0.29, 0.717) is 22.1 Å². The Morgan fingerprint density at radius 2 is 2.24 bits per heavy atom. The number of hydrogen-bond donors (Lipinski definition) is 2. The number of fused-ring (bicyclic) bond motifs is 1. The first-order valence-corrected chi connectivity index (χ1v) is 7.17. The van der Waals surface area contributed by atoms with Crippen molar-refractivity contribution in [2.45, 2.75) is 13.8 Å². The standard InChI is InChI=1S/C14H13N3O3S/c1-7-8(2)21-14(15-7)17-13(19)9-4-3-5-10-12(9)16-11(18)6-20-10/h3-5H,6H2,1-2H3,(H,16,18)(H,15,17,19). The van der Waals surface area contributed by atoms with E-state index in [2.05, 4.69) is 15.6 Å². The highest BCUT2D eigenvalue weighted by molar-refractivity contribution is 7.15. The van der Waals surface area contributed by atoms with Gasteiger partial charge in [-0.3, -0.25) is 14.9 Å². The Labute approximate surface area is 125 Å². The quantitative estimate of drug-likeness (QED) is 0.892. The molecule has 2 aromatic rings. The van der Waals surface area contributed by atoms with E-state index < -0.39 is 0 Å². The van der Waals surface area contributed by atoms with Gasteiger partial charge in [-0.25, -0.2) is 4.98 Å². The predicted molar refractivity (Wildman–Crippen MR) is 80.1 cm³/mol. The molecule has 0 fully saturated rings. The number of nitrogens with zero attached hydrogens (tertiary/aromatic N) is 1. The topological polar surface area (TPSA) is 80.3 Å². The van der Waals surface area contributed by atoms with E-state index in [-0.39, 0.29) is 18.4 Å². The average Bonchev–Trinajstić information content (AvgIpc) is 2.76. The minimum absolute atomic E-state index is 0.0387. The fraction of sp³-hybridized carbons (Fsp3) is 0.214. The summed E-state index contributed by atoms with van der Waals surface area (Å²) in [6, 6.07) is 5.06. The lowest BCUT2D eigenvalue weighted by Crippen LogP contribution is -2.27. The molecule has 1 aromatic carbocycles. The Hall–Kier alpha value is -2.41. The van der Waals surface area contributed by atoms with E-state index in [0.717, 1.165) is 10.6 Å². The number of hydrogen-bond acceptors (Lipinski definition) is 5. The number of carbonyl (C=O) groups is 2. The molecule has 21 heavy (non-hydrogen) atoms. The van der Waals surface area contributed by atoms with Crippen molar-refractivity contribution < 1.29 is 14.3 Å². The second-order valence-corrected chi connectivity index (χ2v) is 5.83.